The Balaban J connectivity index is 4.56. The minimum Gasteiger partial charge on any atom is -0.397 e. The largest absolute Gasteiger partial charge is 0.513 e. The molecule has 0 saturated heterocycles. The van der Waals surface area contributed by atoms with Crippen molar-refractivity contribution < 1.29 is 33.8 Å². The molecule has 0 fully saturated rings. The van der Waals surface area contributed by atoms with Crippen LogP contribution in [0.25, 0.3) is 0 Å². The average molecular weight is 374 g/mol. The van der Waals surface area contributed by atoms with Crippen molar-refractivity contribution in [1.82, 2.24) is 0 Å². The minimum absolute atomic E-state index is 0.108. The van der Waals surface area contributed by atoms with E-state index in [0.29, 0.717) is 24.4 Å². The molecule has 0 aliphatic carbocycles. The van der Waals surface area contributed by atoms with Gasteiger partial charge in [0, 0.05) is 0 Å². The summed E-state index contributed by atoms with van der Waals surface area (Å²) in [6.45, 7) is 23.2. The first kappa shape index (κ1) is 24.6. The molecule has 2 atom stereocenters. The van der Waals surface area contributed by atoms with Crippen LogP contribution in [0.2, 0.25) is 0 Å². The van der Waals surface area contributed by atoms with E-state index in [1.54, 1.807) is 13.8 Å². The van der Waals surface area contributed by atoms with Gasteiger partial charge in [-0.05, 0) is 35.8 Å². The van der Waals surface area contributed by atoms with E-state index in [2.05, 4.69) is 13.2 Å². The van der Waals surface area contributed by atoms with E-state index in [0.717, 1.165) is 0 Å². The average Bonchev–Trinajstić information content (AvgIpc) is 2.42. The van der Waals surface area contributed by atoms with Crippen molar-refractivity contribution in [1.29, 1.82) is 0 Å². The van der Waals surface area contributed by atoms with Gasteiger partial charge in [-0.2, -0.15) is 9.78 Å². The summed E-state index contributed by atoms with van der Waals surface area (Å²) >= 11 is 0. The highest BCUT2D eigenvalue weighted by molar-refractivity contribution is 5.60. The summed E-state index contributed by atoms with van der Waals surface area (Å²) in [4.78, 5) is 32.4. The van der Waals surface area contributed by atoms with Gasteiger partial charge in [-0.15, -0.1) is 0 Å². The summed E-state index contributed by atoms with van der Waals surface area (Å²) in [5, 5.41) is 0. The van der Waals surface area contributed by atoms with Gasteiger partial charge in [0.25, 0.3) is 12.6 Å². The highest BCUT2D eigenvalue weighted by Gasteiger charge is 2.24. The lowest BCUT2D eigenvalue weighted by molar-refractivity contribution is -0.380. The van der Waals surface area contributed by atoms with Crippen LogP contribution in [0.15, 0.2) is 24.3 Å². The standard InChI is InChI=1S/C19H34O7/c1-13(2)15(25-21-11-18(5,6)7)23-17(20)24-16(14(3)4)26-22-12-19(8,9)10/h15-16H,1,3,11-12H2,2,4-10H3. The molecule has 0 aromatic heterocycles. The molecular formula is C19H34O7. The Morgan fingerprint density at radius 3 is 1.31 bits per heavy atom. The van der Waals surface area contributed by atoms with E-state index in [9.17, 15) is 4.79 Å². The zero-order chi connectivity index (χ0) is 20.5. The molecule has 2 unspecified atom stereocenters. The lowest BCUT2D eigenvalue weighted by Gasteiger charge is -2.23. The summed E-state index contributed by atoms with van der Waals surface area (Å²) in [5.74, 6) is 0. The Bertz CT molecular complexity index is 429. The van der Waals surface area contributed by atoms with E-state index >= 15 is 0 Å². The molecule has 0 amide bonds. The maximum atomic E-state index is 12.0. The van der Waals surface area contributed by atoms with Crippen LogP contribution in [0.3, 0.4) is 0 Å². The SMILES string of the molecule is C=C(C)C(OOCC(C)(C)C)OC(=O)OC(OOCC(C)(C)C)C(=C)C. The minimum atomic E-state index is -1.11. The number of rotatable bonds is 10. The lowest BCUT2D eigenvalue weighted by Crippen LogP contribution is -2.29. The van der Waals surface area contributed by atoms with Crippen LogP contribution in [-0.2, 0) is 29.0 Å². The van der Waals surface area contributed by atoms with Crippen LogP contribution in [0.4, 0.5) is 4.79 Å². The predicted molar refractivity (Wildman–Crippen MR) is 97.8 cm³/mol. The molecule has 0 N–H and O–H groups in total. The molecule has 0 aromatic carbocycles. The van der Waals surface area contributed by atoms with Crippen molar-refractivity contribution in [2.45, 2.75) is 68.0 Å². The van der Waals surface area contributed by atoms with Crippen molar-refractivity contribution in [3.8, 4) is 0 Å². The first-order valence-electron chi connectivity index (χ1n) is 8.46. The van der Waals surface area contributed by atoms with E-state index in [-0.39, 0.29) is 10.8 Å². The first-order valence-corrected chi connectivity index (χ1v) is 8.46. The van der Waals surface area contributed by atoms with Gasteiger partial charge in [-0.3, -0.25) is 0 Å². The molecule has 7 nitrogen and oxygen atoms in total. The molecule has 0 heterocycles. The fourth-order valence-electron chi connectivity index (χ4n) is 1.15. The van der Waals surface area contributed by atoms with Crippen LogP contribution in [0, 0.1) is 10.8 Å². The summed E-state index contributed by atoms with van der Waals surface area (Å²) in [6.07, 6.45) is -3.23. The molecule has 0 rings (SSSR count). The number of carbonyl (C=O) groups excluding carboxylic acids is 1. The highest BCUT2D eigenvalue weighted by atomic mass is 17.2. The fraction of sp³-hybridized carbons (Fsp3) is 0.737. The summed E-state index contributed by atoms with van der Waals surface area (Å²) in [6, 6.07) is 0. The molecule has 26 heavy (non-hydrogen) atoms. The third-order valence-electron chi connectivity index (χ3n) is 2.51. The molecule has 0 aliphatic rings. The normalized spacial score (nSPS) is 14.5. The molecule has 0 aliphatic heterocycles. The molecular weight excluding hydrogens is 340 g/mol. The Hall–Kier alpha value is -1.41. The van der Waals surface area contributed by atoms with Crippen LogP contribution >= 0.6 is 0 Å². The molecule has 0 aromatic rings. The van der Waals surface area contributed by atoms with Gasteiger partial charge >= 0.3 is 6.16 Å². The topological polar surface area (TPSA) is 72.5 Å². The second kappa shape index (κ2) is 10.7. The first-order chi connectivity index (χ1) is 11.7. The van der Waals surface area contributed by atoms with Crippen LogP contribution in [0.1, 0.15) is 55.4 Å². The summed E-state index contributed by atoms with van der Waals surface area (Å²) in [7, 11) is 0. The van der Waals surface area contributed by atoms with E-state index < -0.39 is 18.7 Å². The second-order valence-electron chi connectivity index (χ2n) is 8.68. The van der Waals surface area contributed by atoms with Gasteiger partial charge in [0.1, 0.15) is 0 Å². The van der Waals surface area contributed by atoms with Crippen molar-refractivity contribution >= 4 is 6.16 Å². The maximum absolute atomic E-state index is 12.0. The van der Waals surface area contributed by atoms with E-state index in [1.165, 1.54) is 0 Å². The Morgan fingerprint density at radius 1 is 0.769 bits per heavy atom. The maximum Gasteiger partial charge on any atom is 0.513 e. The van der Waals surface area contributed by atoms with Crippen molar-refractivity contribution in [3.05, 3.63) is 24.3 Å². The third kappa shape index (κ3) is 12.9. The highest BCUT2D eigenvalue weighted by Crippen LogP contribution is 2.18. The molecule has 0 radical (unpaired) electrons. The quantitative estimate of drug-likeness (QED) is 0.176. The molecule has 0 bridgehead atoms. The van der Waals surface area contributed by atoms with Gasteiger partial charge in [-0.25, -0.2) is 14.6 Å². The smallest absolute Gasteiger partial charge is 0.397 e. The van der Waals surface area contributed by atoms with Crippen LogP contribution in [-0.4, -0.2) is 31.9 Å². The van der Waals surface area contributed by atoms with Gasteiger partial charge in [-0.1, -0.05) is 54.7 Å². The Labute approximate surface area is 157 Å². The molecule has 152 valence electrons. The zero-order valence-corrected chi connectivity index (χ0v) is 17.3. The van der Waals surface area contributed by atoms with E-state index in [1.807, 2.05) is 41.5 Å². The lowest BCUT2D eigenvalue weighted by atomic mass is 9.99. The molecule has 0 spiro atoms. The Morgan fingerprint density at radius 2 is 1.08 bits per heavy atom. The van der Waals surface area contributed by atoms with Crippen molar-refractivity contribution in [3.63, 3.8) is 0 Å². The van der Waals surface area contributed by atoms with Gasteiger partial charge < -0.3 is 9.47 Å². The van der Waals surface area contributed by atoms with Crippen LogP contribution in [0.5, 0.6) is 0 Å². The number of hydrogen-bond acceptors (Lipinski definition) is 7. The van der Waals surface area contributed by atoms with Crippen molar-refractivity contribution in [2.24, 2.45) is 10.8 Å². The number of carbonyl (C=O) groups is 1. The van der Waals surface area contributed by atoms with Gasteiger partial charge in [0.05, 0.1) is 13.2 Å². The van der Waals surface area contributed by atoms with Gasteiger partial charge in [0.2, 0.25) is 0 Å². The number of ether oxygens (including phenoxy) is 2. The Kier molecular flexibility index (Phi) is 10.1. The molecule has 7 heteroatoms. The van der Waals surface area contributed by atoms with Crippen LogP contribution < -0.4 is 0 Å². The van der Waals surface area contributed by atoms with Crippen molar-refractivity contribution in [2.75, 3.05) is 13.2 Å². The second-order valence-corrected chi connectivity index (χ2v) is 8.68. The fourth-order valence-corrected chi connectivity index (χ4v) is 1.15. The van der Waals surface area contributed by atoms with Gasteiger partial charge in [0.15, 0.2) is 0 Å². The monoisotopic (exact) mass is 374 g/mol. The summed E-state index contributed by atoms with van der Waals surface area (Å²) in [5.41, 5.74) is 0.660. The zero-order valence-electron chi connectivity index (χ0n) is 17.3. The predicted octanol–water partition coefficient (Wildman–Crippen LogP) is 4.93. The van der Waals surface area contributed by atoms with E-state index in [4.69, 9.17) is 29.0 Å². The number of hydrogen-bond donors (Lipinski definition) is 0. The third-order valence-corrected chi connectivity index (χ3v) is 2.51. The molecule has 0 saturated carbocycles. The summed E-state index contributed by atoms with van der Waals surface area (Å²) < 4.78 is 10.1.